The van der Waals surface area contributed by atoms with Crippen molar-refractivity contribution < 1.29 is 18.0 Å². The Morgan fingerprint density at radius 2 is 1.97 bits per heavy atom. The van der Waals surface area contributed by atoms with Crippen LogP contribution in [0.2, 0.25) is 0 Å². The van der Waals surface area contributed by atoms with E-state index in [4.69, 9.17) is 0 Å². The average Bonchev–Trinajstić information content (AvgIpc) is 2.72. The number of nitrogens with one attached hydrogen (secondary N) is 1. The number of benzene rings is 1. The third kappa shape index (κ3) is 6.29. The number of hydrogen-bond donors (Lipinski definition) is 1. The summed E-state index contributed by atoms with van der Waals surface area (Å²) in [5.41, 5.74) is 2.76. The Morgan fingerprint density at radius 3 is 2.71 bits per heavy atom. The molecule has 0 bridgehead atoms. The first-order valence-corrected chi connectivity index (χ1v) is 10.9. The molecule has 1 aliphatic rings. The maximum atomic E-state index is 13.4. The number of aryl methyl sites for hydroxylation is 1. The number of alkyl halides is 3. The zero-order valence-electron chi connectivity index (χ0n) is 18.2. The monoisotopic (exact) mass is 433 g/mol. The quantitative estimate of drug-likeness (QED) is 0.577. The number of carbonyl (C=O) groups is 1. The van der Waals surface area contributed by atoms with Gasteiger partial charge in [-0.25, -0.2) is 4.98 Å². The lowest BCUT2D eigenvalue weighted by atomic mass is 10.0. The molecule has 2 aromatic rings. The highest BCUT2D eigenvalue weighted by Crippen LogP contribution is 2.33. The molecule has 4 nitrogen and oxygen atoms in total. The minimum absolute atomic E-state index is 0.170. The zero-order valence-corrected chi connectivity index (χ0v) is 18.2. The molecule has 0 saturated heterocycles. The number of amides is 1. The van der Waals surface area contributed by atoms with Crippen molar-refractivity contribution in [3.63, 3.8) is 0 Å². The van der Waals surface area contributed by atoms with Gasteiger partial charge in [-0.15, -0.1) is 0 Å². The number of rotatable bonds is 8. The van der Waals surface area contributed by atoms with E-state index in [0.29, 0.717) is 37.3 Å². The van der Waals surface area contributed by atoms with Crippen LogP contribution >= 0.6 is 0 Å². The van der Waals surface area contributed by atoms with Crippen LogP contribution in [0.1, 0.15) is 71.0 Å². The van der Waals surface area contributed by atoms with Crippen molar-refractivity contribution in [2.24, 2.45) is 0 Å². The highest BCUT2D eigenvalue weighted by Gasteiger charge is 2.33. The van der Waals surface area contributed by atoms with Crippen LogP contribution in [0, 0.1) is 6.92 Å². The van der Waals surface area contributed by atoms with E-state index in [0.717, 1.165) is 48.6 Å². The average molecular weight is 434 g/mol. The van der Waals surface area contributed by atoms with Crippen molar-refractivity contribution in [3.05, 3.63) is 64.0 Å². The summed E-state index contributed by atoms with van der Waals surface area (Å²) in [4.78, 5) is 18.9. The number of halogens is 3. The van der Waals surface area contributed by atoms with Crippen LogP contribution in [0.25, 0.3) is 0 Å². The molecule has 0 fully saturated rings. The Kier molecular flexibility index (Phi) is 7.70. The second-order valence-corrected chi connectivity index (χ2v) is 8.24. The van der Waals surface area contributed by atoms with Gasteiger partial charge in [0.1, 0.15) is 5.69 Å². The number of hydrogen-bond acceptors (Lipinski definition) is 3. The van der Waals surface area contributed by atoms with E-state index in [2.05, 4.69) is 17.2 Å². The smallest absolute Gasteiger partial charge is 0.351 e. The Balaban J connectivity index is 1.63. The van der Waals surface area contributed by atoms with Gasteiger partial charge in [-0.05, 0) is 36.6 Å². The number of unbranched alkanes of at least 4 members (excludes halogenated alkanes) is 3. The number of nitrogens with zero attached hydrogens (tertiary/aromatic N) is 2. The van der Waals surface area contributed by atoms with Gasteiger partial charge in [-0.1, -0.05) is 49.9 Å². The van der Waals surface area contributed by atoms with Crippen LogP contribution in [-0.2, 0) is 25.7 Å². The molecule has 1 aliphatic heterocycles. The summed E-state index contributed by atoms with van der Waals surface area (Å²) in [7, 11) is 0. The minimum Gasteiger partial charge on any atom is -0.351 e. The molecule has 3 rings (SSSR count). The van der Waals surface area contributed by atoms with E-state index in [1.54, 1.807) is 19.1 Å². The molecular weight excluding hydrogens is 403 g/mol. The Bertz CT molecular complexity index is 911. The van der Waals surface area contributed by atoms with Crippen molar-refractivity contribution >= 4 is 5.91 Å². The minimum atomic E-state index is -4.36. The van der Waals surface area contributed by atoms with Gasteiger partial charge < -0.3 is 5.32 Å². The summed E-state index contributed by atoms with van der Waals surface area (Å²) < 4.78 is 40.1. The maximum Gasteiger partial charge on any atom is 0.416 e. The lowest BCUT2D eigenvalue weighted by molar-refractivity contribution is -0.138. The second kappa shape index (κ2) is 10.3. The van der Waals surface area contributed by atoms with Crippen LogP contribution in [-0.4, -0.2) is 28.9 Å². The fourth-order valence-corrected chi connectivity index (χ4v) is 3.95. The molecular formula is C24H30F3N3O. The maximum absolute atomic E-state index is 13.4. The Hall–Kier alpha value is -2.41. The number of carbonyl (C=O) groups excluding carboxylic acids is 1. The van der Waals surface area contributed by atoms with Crippen molar-refractivity contribution in [2.45, 2.75) is 65.2 Å². The second-order valence-electron chi connectivity index (χ2n) is 8.24. The molecule has 0 atom stereocenters. The van der Waals surface area contributed by atoms with Crippen LogP contribution in [0.5, 0.6) is 0 Å². The summed E-state index contributed by atoms with van der Waals surface area (Å²) in [5.74, 6) is -0.170. The van der Waals surface area contributed by atoms with Crippen molar-refractivity contribution in [3.8, 4) is 0 Å². The summed E-state index contributed by atoms with van der Waals surface area (Å²) in [6.07, 6.45) is 0.617. The van der Waals surface area contributed by atoms with E-state index in [1.807, 2.05) is 11.0 Å². The van der Waals surface area contributed by atoms with Crippen molar-refractivity contribution in [1.29, 1.82) is 0 Å². The first-order chi connectivity index (χ1) is 14.8. The molecule has 1 aromatic heterocycles. The van der Waals surface area contributed by atoms with Gasteiger partial charge in [-0.3, -0.25) is 9.69 Å². The molecule has 1 amide bonds. The molecule has 31 heavy (non-hydrogen) atoms. The molecule has 0 spiro atoms. The van der Waals surface area contributed by atoms with Crippen molar-refractivity contribution in [2.75, 3.05) is 13.1 Å². The summed E-state index contributed by atoms with van der Waals surface area (Å²) in [6, 6.07) is 7.86. The highest BCUT2D eigenvalue weighted by molar-refractivity contribution is 5.92. The highest BCUT2D eigenvalue weighted by atomic mass is 19.4. The third-order valence-corrected chi connectivity index (χ3v) is 5.64. The molecule has 0 radical (unpaired) electrons. The molecule has 2 heterocycles. The van der Waals surface area contributed by atoms with Crippen LogP contribution in [0.3, 0.4) is 0 Å². The molecule has 1 aromatic carbocycles. The van der Waals surface area contributed by atoms with Crippen LogP contribution in [0.15, 0.2) is 30.3 Å². The zero-order chi connectivity index (χ0) is 22.4. The normalized spacial score (nSPS) is 14.4. The number of pyridine rings is 1. The van der Waals surface area contributed by atoms with Crippen molar-refractivity contribution in [1.82, 2.24) is 15.2 Å². The molecule has 168 valence electrons. The van der Waals surface area contributed by atoms with Crippen LogP contribution in [0.4, 0.5) is 13.2 Å². The van der Waals surface area contributed by atoms with E-state index < -0.39 is 11.7 Å². The van der Waals surface area contributed by atoms with Crippen LogP contribution < -0.4 is 5.32 Å². The molecule has 7 heteroatoms. The first kappa shape index (κ1) is 23.3. The van der Waals surface area contributed by atoms with Gasteiger partial charge in [-0.2, -0.15) is 13.2 Å². The summed E-state index contributed by atoms with van der Waals surface area (Å²) >= 11 is 0. The topological polar surface area (TPSA) is 45.2 Å². The molecule has 0 unspecified atom stereocenters. The van der Waals surface area contributed by atoms with Gasteiger partial charge in [0, 0.05) is 38.3 Å². The van der Waals surface area contributed by atoms with E-state index >= 15 is 0 Å². The summed E-state index contributed by atoms with van der Waals surface area (Å²) in [6.45, 7) is 5.95. The van der Waals surface area contributed by atoms with Gasteiger partial charge in [0.05, 0.1) is 5.56 Å². The number of aromatic nitrogens is 1. The van der Waals surface area contributed by atoms with E-state index in [-0.39, 0.29) is 12.5 Å². The van der Waals surface area contributed by atoms with Gasteiger partial charge in [0.15, 0.2) is 0 Å². The predicted octanol–water partition coefficient (Wildman–Crippen LogP) is 5.28. The standard InChI is InChI=1S/C24H30F3N3O/c1-3-4-5-6-12-28-23(31)22-10-8-18-15-30(13-11-21(18)29-22)16-19-14-17(2)7-9-20(19)24(25,26)27/h7-10,14H,3-6,11-13,15-16H2,1-2H3,(H,28,31). The number of fused-ring (bicyclic) bond motifs is 1. The van der Waals surface area contributed by atoms with Gasteiger partial charge in [0.2, 0.25) is 0 Å². The molecule has 0 saturated carbocycles. The predicted molar refractivity (Wildman–Crippen MR) is 115 cm³/mol. The summed E-state index contributed by atoms with van der Waals surface area (Å²) in [5, 5.41) is 2.91. The largest absolute Gasteiger partial charge is 0.416 e. The van der Waals surface area contributed by atoms with Gasteiger partial charge in [0.25, 0.3) is 5.91 Å². The lowest BCUT2D eigenvalue weighted by Crippen LogP contribution is -2.32. The fraction of sp³-hybridized carbons (Fsp3) is 0.500. The Labute approximate surface area is 181 Å². The lowest BCUT2D eigenvalue weighted by Gasteiger charge is -2.29. The Morgan fingerprint density at radius 1 is 1.16 bits per heavy atom. The fourth-order valence-electron chi connectivity index (χ4n) is 3.95. The van der Waals surface area contributed by atoms with Gasteiger partial charge >= 0.3 is 6.18 Å². The third-order valence-electron chi connectivity index (χ3n) is 5.64. The molecule has 1 N–H and O–H groups in total. The van der Waals surface area contributed by atoms with E-state index in [9.17, 15) is 18.0 Å². The first-order valence-electron chi connectivity index (χ1n) is 10.9. The SMILES string of the molecule is CCCCCCNC(=O)c1ccc2c(n1)CCN(Cc1cc(C)ccc1C(F)(F)F)C2. The molecule has 0 aliphatic carbocycles. The van der Waals surface area contributed by atoms with E-state index in [1.165, 1.54) is 6.07 Å².